The van der Waals surface area contributed by atoms with E-state index in [2.05, 4.69) is 0 Å². The van der Waals surface area contributed by atoms with Gasteiger partial charge >= 0.3 is 0 Å². The van der Waals surface area contributed by atoms with Crippen molar-refractivity contribution in [3.8, 4) is 0 Å². The molecule has 0 spiro atoms. The van der Waals surface area contributed by atoms with Crippen molar-refractivity contribution in [3.63, 3.8) is 0 Å². The number of nitrogens with two attached hydrogens (primary N) is 1. The number of piperazine rings is 1. The smallest absolute Gasteiger partial charge is 0.246 e. The van der Waals surface area contributed by atoms with Crippen LogP contribution in [0.1, 0.15) is 5.56 Å². The van der Waals surface area contributed by atoms with E-state index < -0.39 is 40.1 Å². The highest BCUT2D eigenvalue weighted by Crippen LogP contribution is 2.34. The molecule has 35 heavy (non-hydrogen) atoms. The third-order valence-electron chi connectivity index (χ3n) is 6.11. The Morgan fingerprint density at radius 1 is 0.971 bits per heavy atom. The molecule has 0 bridgehead atoms. The molecule has 2 aromatic rings. The summed E-state index contributed by atoms with van der Waals surface area (Å²) in [5.74, 6) is -0.936. The first-order chi connectivity index (χ1) is 16.5. The fourth-order valence-electron chi connectivity index (χ4n) is 4.45. The zero-order valence-electron chi connectivity index (χ0n) is 18.4. The van der Waals surface area contributed by atoms with Gasteiger partial charge in [-0.25, -0.2) is 8.42 Å². The molecule has 9 nitrogen and oxygen atoms in total. The Hall–Kier alpha value is -1.92. The van der Waals surface area contributed by atoms with Gasteiger partial charge in [-0.15, -0.1) is 0 Å². The molecule has 2 aliphatic rings. The van der Waals surface area contributed by atoms with Crippen LogP contribution in [0.3, 0.4) is 0 Å². The standard InChI is InChI=1S/C22H23Cl3N4O5S/c23-14-3-1-13(2-4-14)9-18-22(32)27(7-8-30)12-20-28(11-17(26)21(31)29(18)20)35(33,34)19-6-5-15(24)10-16(19)25/h1-6,10,17-18,20,30H,7-9,11-12,26H2. The number of halogens is 3. The molecule has 0 aliphatic carbocycles. The number of hydrogen-bond acceptors (Lipinski definition) is 6. The van der Waals surface area contributed by atoms with Crippen LogP contribution in [-0.4, -0.2) is 83.9 Å². The van der Waals surface area contributed by atoms with Gasteiger partial charge in [0.2, 0.25) is 21.8 Å². The summed E-state index contributed by atoms with van der Waals surface area (Å²) in [6.45, 7) is -0.763. The predicted octanol–water partition coefficient (Wildman–Crippen LogP) is 1.58. The van der Waals surface area contributed by atoms with Crippen LogP contribution >= 0.6 is 34.8 Å². The molecule has 2 heterocycles. The largest absolute Gasteiger partial charge is 0.395 e. The number of fused-ring (bicyclic) bond motifs is 1. The number of nitrogens with zero attached hydrogens (tertiary/aromatic N) is 3. The molecule has 2 aromatic carbocycles. The van der Waals surface area contributed by atoms with Crippen molar-refractivity contribution in [2.75, 3.05) is 26.2 Å². The van der Waals surface area contributed by atoms with Gasteiger partial charge in [0.25, 0.3) is 0 Å². The lowest BCUT2D eigenvalue weighted by atomic mass is 9.97. The van der Waals surface area contributed by atoms with E-state index >= 15 is 0 Å². The Balaban J connectivity index is 1.78. The van der Waals surface area contributed by atoms with Crippen molar-refractivity contribution in [2.45, 2.75) is 29.6 Å². The second-order valence-corrected chi connectivity index (χ2v) is 11.5. The number of aliphatic hydroxyl groups excluding tert-OH is 1. The Bertz CT molecular complexity index is 1240. The van der Waals surface area contributed by atoms with E-state index in [9.17, 15) is 23.1 Å². The van der Waals surface area contributed by atoms with Gasteiger partial charge in [0.05, 0.1) is 24.2 Å². The topological polar surface area (TPSA) is 124 Å². The Labute approximate surface area is 218 Å². The van der Waals surface area contributed by atoms with Gasteiger partial charge in [-0.3, -0.25) is 9.59 Å². The van der Waals surface area contributed by atoms with Crippen LogP contribution < -0.4 is 5.73 Å². The molecule has 188 valence electrons. The van der Waals surface area contributed by atoms with Gasteiger partial charge in [-0.05, 0) is 35.9 Å². The van der Waals surface area contributed by atoms with E-state index in [1.807, 2.05) is 0 Å². The Morgan fingerprint density at radius 2 is 1.63 bits per heavy atom. The number of carbonyl (C=O) groups excluding carboxylic acids is 2. The molecule has 0 radical (unpaired) electrons. The van der Waals surface area contributed by atoms with E-state index in [1.54, 1.807) is 24.3 Å². The average Bonchev–Trinajstić information content (AvgIpc) is 2.80. The Kier molecular flexibility index (Phi) is 7.63. The third-order valence-corrected chi connectivity index (χ3v) is 8.94. The molecule has 2 fully saturated rings. The summed E-state index contributed by atoms with van der Waals surface area (Å²) in [6, 6.07) is 8.57. The maximum Gasteiger partial charge on any atom is 0.246 e. The Morgan fingerprint density at radius 3 is 2.26 bits per heavy atom. The van der Waals surface area contributed by atoms with Crippen molar-refractivity contribution in [2.24, 2.45) is 5.73 Å². The SMILES string of the molecule is NC1CN(S(=O)(=O)c2ccc(Cl)cc2Cl)C2CN(CCO)C(=O)C(Cc3ccc(Cl)cc3)N2C1=O. The minimum atomic E-state index is -4.24. The van der Waals surface area contributed by atoms with Crippen molar-refractivity contribution in [3.05, 3.63) is 63.1 Å². The first-order valence-corrected chi connectivity index (χ1v) is 13.3. The van der Waals surface area contributed by atoms with Crippen molar-refractivity contribution >= 4 is 56.6 Å². The molecular weight excluding hydrogens is 539 g/mol. The lowest BCUT2D eigenvalue weighted by molar-refractivity contribution is -0.166. The van der Waals surface area contributed by atoms with Crippen molar-refractivity contribution in [1.29, 1.82) is 0 Å². The summed E-state index contributed by atoms with van der Waals surface area (Å²) < 4.78 is 28.5. The maximum atomic E-state index is 13.7. The predicted molar refractivity (Wildman–Crippen MR) is 132 cm³/mol. The number of sulfonamides is 1. The highest BCUT2D eigenvalue weighted by molar-refractivity contribution is 7.89. The number of carbonyl (C=O) groups is 2. The molecule has 2 saturated heterocycles. The second-order valence-electron chi connectivity index (χ2n) is 8.34. The maximum absolute atomic E-state index is 13.7. The molecule has 13 heteroatoms. The zero-order valence-corrected chi connectivity index (χ0v) is 21.4. The highest BCUT2D eigenvalue weighted by Gasteiger charge is 2.53. The van der Waals surface area contributed by atoms with E-state index in [0.29, 0.717) is 5.02 Å². The van der Waals surface area contributed by atoms with Gasteiger partial charge in [-0.2, -0.15) is 4.31 Å². The van der Waals surface area contributed by atoms with Gasteiger partial charge in [-0.1, -0.05) is 46.9 Å². The number of hydrogen-bond donors (Lipinski definition) is 2. The van der Waals surface area contributed by atoms with Crippen LogP contribution in [0.15, 0.2) is 47.4 Å². The van der Waals surface area contributed by atoms with Crippen LogP contribution in [0.2, 0.25) is 15.1 Å². The number of benzene rings is 2. The molecule has 0 saturated carbocycles. The molecule has 4 rings (SSSR count). The summed E-state index contributed by atoms with van der Waals surface area (Å²) in [5, 5.41) is 10.2. The first-order valence-electron chi connectivity index (χ1n) is 10.7. The van der Waals surface area contributed by atoms with Gasteiger partial charge in [0, 0.05) is 29.6 Å². The summed E-state index contributed by atoms with van der Waals surface area (Å²) in [6.07, 6.45) is -0.928. The minimum Gasteiger partial charge on any atom is -0.395 e. The fraction of sp³-hybridized carbons (Fsp3) is 0.364. The summed E-state index contributed by atoms with van der Waals surface area (Å²) in [5.41, 5.74) is 6.81. The quantitative estimate of drug-likeness (QED) is 0.552. The van der Waals surface area contributed by atoms with E-state index in [0.717, 1.165) is 9.87 Å². The average molecular weight is 562 g/mol. The van der Waals surface area contributed by atoms with E-state index in [1.165, 1.54) is 28.0 Å². The zero-order chi connectivity index (χ0) is 25.5. The molecular formula is C22H23Cl3N4O5S. The van der Waals surface area contributed by atoms with Crippen LogP contribution in [0.5, 0.6) is 0 Å². The lowest BCUT2D eigenvalue weighted by Crippen LogP contribution is -2.75. The highest BCUT2D eigenvalue weighted by atomic mass is 35.5. The number of amides is 2. The number of β-amino-alcohol motifs (C(OH)–C–C–N with tert-alkyl or cyclic N) is 1. The third kappa shape index (κ3) is 5.01. The molecule has 2 aliphatic heterocycles. The van der Waals surface area contributed by atoms with Crippen LogP contribution in [0, 0.1) is 0 Å². The van der Waals surface area contributed by atoms with Gasteiger partial charge in [0.1, 0.15) is 17.1 Å². The normalized spacial score (nSPS) is 23.5. The second kappa shape index (κ2) is 10.2. The summed E-state index contributed by atoms with van der Waals surface area (Å²) in [7, 11) is -4.24. The molecule has 2 amide bonds. The molecule has 3 unspecified atom stereocenters. The number of aliphatic hydroxyl groups is 1. The van der Waals surface area contributed by atoms with Crippen LogP contribution in [0.4, 0.5) is 0 Å². The van der Waals surface area contributed by atoms with E-state index in [-0.39, 0.29) is 47.6 Å². The van der Waals surface area contributed by atoms with Gasteiger partial charge in [0.15, 0.2) is 0 Å². The fourth-order valence-corrected chi connectivity index (χ4v) is 6.92. The van der Waals surface area contributed by atoms with Crippen LogP contribution in [-0.2, 0) is 26.0 Å². The molecule has 3 atom stereocenters. The molecule has 3 N–H and O–H groups in total. The minimum absolute atomic E-state index is 0.0177. The van der Waals surface area contributed by atoms with Crippen molar-refractivity contribution < 1.29 is 23.1 Å². The number of rotatable bonds is 6. The first kappa shape index (κ1) is 26.2. The van der Waals surface area contributed by atoms with Crippen molar-refractivity contribution in [1.82, 2.24) is 14.1 Å². The summed E-state index contributed by atoms with van der Waals surface area (Å²) >= 11 is 18.1. The van der Waals surface area contributed by atoms with Crippen LogP contribution in [0.25, 0.3) is 0 Å². The summed E-state index contributed by atoms with van der Waals surface area (Å²) in [4.78, 5) is 29.0. The van der Waals surface area contributed by atoms with Gasteiger partial charge < -0.3 is 20.6 Å². The monoisotopic (exact) mass is 560 g/mol. The molecule has 0 aromatic heterocycles. The van der Waals surface area contributed by atoms with E-state index in [4.69, 9.17) is 40.5 Å². The lowest BCUT2D eigenvalue weighted by Gasteiger charge is -2.52.